The first-order valence-electron chi connectivity index (χ1n) is 14.9. The molecule has 1 aliphatic rings. The summed E-state index contributed by atoms with van der Waals surface area (Å²) in [5.74, 6) is -3.39. The quantitative estimate of drug-likeness (QED) is 0.195. The van der Waals surface area contributed by atoms with Crippen LogP contribution < -0.4 is 5.32 Å². The maximum atomic E-state index is 14.9. The highest BCUT2D eigenvalue weighted by atomic mass is 19.1. The Bertz CT molecular complexity index is 1960. The Hall–Kier alpha value is -5.09. The normalized spacial score (nSPS) is 18.3. The first-order valence-corrected chi connectivity index (χ1v) is 14.9. The number of nitrogens with zero attached hydrogens (tertiary/aromatic N) is 4. The summed E-state index contributed by atoms with van der Waals surface area (Å²) in [6.45, 7) is 2.36. The van der Waals surface area contributed by atoms with Crippen molar-refractivity contribution in [3.05, 3.63) is 125 Å². The molecule has 6 rings (SSSR count). The van der Waals surface area contributed by atoms with Gasteiger partial charge < -0.3 is 19.9 Å². The van der Waals surface area contributed by atoms with Gasteiger partial charge in [-0.15, -0.1) is 0 Å². The molecule has 1 fully saturated rings. The number of benzene rings is 4. The van der Waals surface area contributed by atoms with E-state index in [0.717, 1.165) is 34.5 Å². The monoisotopic (exact) mass is 641 g/mol. The largest absolute Gasteiger partial charge is 0.383 e. The summed E-state index contributed by atoms with van der Waals surface area (Å²) < 4.78 is 56.4. The molecule has 2 N–H and O–H groups in total. The minimum absolute atomic E-state index is 0.0220. The highest BCUT2D eigenvalue weighted by molar-refractivity contribution is 6.06. The van der Waals surface area contributed by atoms with Gasteiger partial charge in [-0.1, -0.05) is 31.2 Å². The van der Waals surface area contributed by atoms with Crippen molar-refractivity contribution < 1.29 is 32.5 Å². The Balaban J connectivity index is 1.10. The molecule has 12 heteroatoms. The molecule has 240 valence electrons. The number of carbonyl (C=O) groups is 1. The summed E-state index contributed by atoms with van der Waals surface area (Å²) >= 11 is 0. The third-order valence-electron chi connectivity index (χ3n) is 8.48. The van der Waals surface area contributed by atoms with Gasteiger partial charge in [-0.3, -0.25) is 4.79 Å². The Morgan fingerprint density at radius 2 is 1.81 bits per heavy atom. The van der Waals surface area contributed by atoms with Crippen LogP contribution in [0, 0.1) is 40.6 Å². The van der Waals surface area contributed by atoms with E-state index in [1.54, 1.807) is 25.1 Å². The lowest BCUT2D eigenvalue weighted by molar-refractivity contribution is -0.210. The molecule has 1 amide bonds. The molecule has 2 atom stereocenters. The fourth-order valence-corrected chi connectivity index (χ4v) is 5.91. The van der Waals surface area contributed by atoms with Gasteiger partial charge in [-0.25, -0.2) is 22.8 Å². The highest BCUT2D eigenvalue weighted by Crippen LogP contribution is 2.39. The van der Waals surface area contributed by atoms with Crippen molar-refractivity contribution in [3.63, 3.8) is 0 Å². The van der Waals surface area contributed by atoms with E-state index >= 15 is 0 Å². The van der Waals surface area contributed by atoms with Gasteiger partial charge in [-0.2, -0.15) is 10.4 Å². The lowest BCUT2D eigenvalue weighted by Gasteiger charge is -2.38. The van der Waals surface area contributed by atoms with E-state index in [1.165, 1.54) is 35.5 Å². The van der Waals surface area contributed by atoms with E-state index in [1.807, 2.05) is 24.3 Å². The summed E-state index contributed by atoms with van der Waals surface area (Å²) in [6.07, 6.45) is 2.52. The summed E-state index contributed by atoms with van der Waals surface area (Å²) in [6, 6.07) is 19.5. The molecule has 0 aliphatic carbocycles. The van der Waals surface area contributed by atoms with Crippen molar-refractivity contribution in [1.82, 2.24) is 14.8 Å². The molecule has 9 nitrogen and oxygen atoms in total. The minimum atomic E-state index is -1.72. The number of ether oxygens (including phenoxy) is 2. The van der Waals surface area contributed by atoms with Crippen LogP contribution in [0.5, 0.6) is 0 Å². The predicted molar refractivity (Wildman–Crippen MR) is 165 cm³/mol. The van der Waals surface area contributed by atoms with Gasteiger partial charge in [0.1, 0.15) is 35.7 Å². The van der Waals surface area contributed by atoms with Crippen molar-refractivity contribution in [2.45, 2.75) is 31.8 Å². The Labute approximate surface area is 268 Å². The van der Waals surface area contributed by atoms with Crippen molar-refractivity contribution in [2.24, 2.45) is 11.8 Å². The number of fused-ring (bicyclic) bond motifs is 1. The van der Waals surface area contributed by atoms with Crippen LogP contribution in [0.4, 0.5) is 18.9 Å². The summed E-state index contributed by atoms with van der Waals surface area (Å²) in [5.41, 5.74) is -0.505. The summed E-state index contributed by atoms with van der Waals surface area (Å²) in [7, 11) is 0. The molecule has 4 aromatic carbocycles. The third-order valence-corrected chi connectivity index (χ3v) is 8.48. The number of nitriles is 1. The maximum absolute atomic E-state index is 14.9. The lowest BCUT2D eigenvalue weighted by Crippen LogP contribution is -2.41. The van der Waals surface area contributed by atoms with Crippen LogP contribution in [0.1, 0.15) is 46.7 Å². The van der Waals surface area contributed by atoms with Gasteiger partial charge in [0, 0.05) is 28.7 Å². The van der Waals surface area contributed by atoms with Gasteiger partial charge >= 0.3 is 0 Å². The number of aliphatic hydroxyl groups is 1. The molecular formula is C35H30F3N5O4. The van der Waals surface area contributed by atoms with Crippen LogP contribution in [0.15, 0.2) is 85.5 Å². The Morgan fingerprint density at radius 1 is 1.04 bits per heavy atom. The van der Waals surface area contributed by atoms with Crippen LogP contribution in [-0.2, 0) is 21.6 Å². The zero-order valence-corrected chi connectivity index (χ0v) is 25.2. The van der Waals surface area contributed by atoms with Gasteiger partial charge in [0.2, 0.25) is 0 Å². The summed E-state index contributed by atoms with van der Waals surface area (Å²) in [4.78, 5) is 16.7. The standard InChI is InChI=1S/C35H30F3N5O4/c1-21(35(45,18-43-20-40-19-41-43)29-8-7-28(36)14-30(29)37)10-23-16-46-34(47-17-23)27-6-4-24-12-26(5-3-25(24)13-27)33(44)42-32-9-2-22(15-39)11-31(32)38/h2-9,11-14,19-21,23,34,45H,10,16-18H2,1H3,(H,42,44). The summed E-state index contributed by atoms with van der Waals surface area (Å²) in [5, 5.41) is 29.0. The fourth-order valence-electron chi connectivity index (χ4n) is 5.91. The highest BCUT2D eigenvalue weighted by Gasteiger charge is 2.41. The SMILES string of the molecule is CC(CC1COC(c2ccc3cc(C(=O)Nc4ccc(C#N)cc4F)ccc3c2)OC1)C(O)(Cn1cncn1)c1ccc(F)cc1F. The van der Waals surface area contributed by atoms with E-state index < -0.39 is 41.2 Å². The molecule has 5 aromatic rings. The van der Waals surface area contributed by atoms with Gasteiger partial charge in [-0.05, 0) is 65.6 Å². The van der Waals surface area contributed by atoms with Crippen molar-refractivity contribution in [2.75, 3.05) is 18.5 Å². The Morgan fingerprint density at radius 3 is 2.51 bits per heavy atom. The van der Waals surface area contributed by atoms with Crippen LogP contribution in [-0.4, -0.2) is 39.0 Å². The number of halogens is 3. The number of anilines is 1. The lowest BCUT2D eigenvalue weighted by atomic mass is 9.77. The van der Waals surface area contributed by atoms with Crippen LogP contribution >= 0.6 is 0 Å². The average molecular weight is 642 g/mol. The molecule has 2 heterocycles. The van der Waals surface area contributed by atoms with Crippen LogP contribution in [0.2, 0.25) is 0 Å². The first-order chi connectivity index (χ1) is 22.6. The number of hydrogen-bond acceptors (Lipinski definition) is 7. The van der Waals surface area contributed by atoms with Crippen molar-refractivity contribution in [1.29, 1.82) is 5.26 Å². The molecule has 1 saturated heterocycles. The minimum Gasteiger partial charge on any atom is -0.383 e. The average Bonchev–Trinajstić information content (AvgIpc) is 3.58. The maximum Gasteiger partial charge on any atom is 0.255 e. The van der Waals surface area contributed by atoms with E-state index in [4.69, 9.17) is 14.7 Å². The molecule has 0 saturated carbocycles. The van der Waals surface area contributed by atoms with Gasteiger partial charge in [0.05, 0.1) is 37.1 Å². The molecule has 0 radical (unpaired) electrons. The molecule has 47 heavy (non-hydrogen) atoms. The molecule has 1 aromatic heterocycles. The smallest absolute Gasteiger partial charge is 0.255 e. The number of amides is 1. The second kappa shape index (κ2) is 13.3. The number of nitrogens with one attached hydrogen (secondary N) is 1. The zero-order valence-electron chi connectivity index (χ0n) is 25.2. The number of hydrogen-bond donors (Lipinski definition) is 2. The Kier molecular flexibility index (Phi) is 9.04. The second-order valence-corrected chi connectivity index (χ2v) is 11.7. The molecule has 0 spiro atoms. The molecular weight excluding hydrogens is 611 g/mol. The number of carbonyl (C=O) groups excluding carboxylic acids is 1. The van der Waals surface area contributed by atoms with Gasteiger partial charge in [0.15, 0.2) is 6.29 Å². The fraction of sp³-hybridized carbons (Fsp3) is 0.257. The molecule has 0 bridgehead atoms. The third kappa shape index (κ3) is 6.88. The molecule has 1 aliphatic heterocycles. The zero-order chi connectivity index (χ0) is 33.1. The predicted octanol–water partition coefficient (Wildman–Crippen LogP) is 6.25. The van der Waals surface area contributed by atoms with E-state index in [-0.39, 0.29) is 29.3 Å². The number of rotatable bonds is 9. The van der Waals surface area contributed by atoms with Crippen LogP contribution in [0.25, 0.3) is 10.8 Å². The van der Waals surface area contributed by atoms with E-state index in [2.05, 4.69) is 15.4 Å². The topological polar surface area (TPSA) is 122 Å². The van der Waals surface area contributed by atoms with E-state index in [9.17, 15) is 23.1 Å². The van der Waals surface area contributed by atoms with Crippen LogP contribution in [0.3, 0.4) is 0 Å². The second-order valence-electron chi connectivity index (χ2n) is 11.7. The van der Waals surface area contributed by atoms with Gasteiger partial charge in [0.25, 0.3) is 5.91 Å². The number of aromatic nitrogens is 3. The van der Waals surface area contributed by atoms with E-state index in [0.29, 0.717) is 25.2 Å². The van der Waals surface area contributed by atoms with Crippen molar-refractivity contribution >= 4 is 22.4 Å². The van der Waals surface area contributed by atoms with Crippen molar-refractivity contribution in [3.8, 4) is 6.07 Å². The molecule has 2 unspecified atom stereocenters. The first kappa shape index (κ1) is 31.9.